The minimum Gasteiger partial charge on any atom is -0.349 e. The van der Waals surface area contributed by atoms with E-state index in [0.29, 0.717) is 6.54 Å². The van der Waals surface area contributed by atoms with Gasteiger partial charge in [-0.15, -0.1) is 0 Å². The SMILES string of the molecule is O=C(Nc1ccc(C(F)(F)F)cc1)c1ccnc(NCc2ccccn2)n1. The highest BCUT2D eigenvalue weighted by atomic mass is 19.4. The molecule has 138 valence electrons. The summed E-state index contributed by atoms with van der Waals surface area (Å²) in [4.78, 5) is 24.5. The summed E-state index contributed by atoms with van der Waals surface area (Å²) in [5, 5.41) is 5.46. The second kappa shape index (κ2) is 7.81. The standard InChI is InChI=1S/C18H14F3N5O/c19-18(20,21)12-4-6-13(7-5-12)25-16(27)15-8-10-23-17(26-15)24-11-14-3-1-2-9-22-14/h1-10H,11H2,(H,25,27)(H,23,24,26). The number of pyridine rings is 1. The van der Waals surface area contributed by atoms with Crippen molar-refractivity contribution >= 4 is 17.5 Å². The van der Waals surface area contributed by atoms with Crippen LogP contribution >= 0.6 is 0 Å². The minimum atomic E-state index is -4.43. The van der Waals surface area contributed by atoms with Crippen molar-refractivity contribution in [1.29, 1.82) is 0 Å². The number of halogens is 3. The summed E-state index contributed by atoms with van der Waals surface area (Å²) >= 11 is 0. The Labute approximate surface area is 152 Å². The van der Waals surface area contributed by atoms with Crippen molar-refractivity contribution in [3.8, 4) is 0 Å². The smallest absolute Gasteiger partial charge is 0.349 e. The summed E-state index contributed by atoms with van der Waals surface area (Å²) in [5.74, 6) is -0.321. The van der Waals surface area contributed by atoms with Crippen molar-refractivity contribution in [1.82, 2.24) is 15.0 Å². The number of hydrogen-bond donors (Lipinski definition) is 2. The van der Waals surface area contributed by atoms with Crippen molar-refractivity contribution in [2.45, 2.75) is 12.7 Å². The van der Waals surface area contributed by atoms with E-state index in [1.54, 1.807) is 12.3 Å². The summed E-state index contributed by atoms with van der Waals surface area (Å²) in [6.45, 7) is 0.380. The second-order valence-electron chi connectivity index (χ2n) is 5.47. The predicted molar refractivity (Wildman–Crippen MR) is 93.0 cm³/mol. The summed E-state index contributed by atoms with van der Waals surface area (Å²) in [6, 6.07) is 11.0. The Kier molecular flexibility index (Phi) is 5.30. The molecule has 2 N–H and O–H groups in total. The molecule has 0 fully saturated rings. The van der Waals surface area contributed by atoms with Crippen LogP contribution in [0.1, 0.15) is 21.7 Å². The number of carbonyl (C=O) groups excluding carboxylic acids is 1. The van der Waals surface area contributed by atoms with E-state index < -0.39 is 17.6 Å². The third-order valence-electron chi connectivity index (χ3n) is 3.51. The lowest BCUT2D eigenvalue weighted by atomic mass is 10.2. The zero-order chi connectivity index (χ0) is 19.3. The molecule has 0 saturated carbocycles. The quantitative estimate of drug-likeness (QED) is 0.712. The first-order valence-corrected chi connectivity index (χ1v) is 7.87. The molecule has 0 aliphatic heterocycles. The first-order chi connectivity index (χ1) is 12.9. The van der Waals surface area contributed by atoms with Gasteiger partial charge in [-0.25, -0.2) is 9.97 Å². The van der Waals surface area contributed by atoms with Gasteiger partial charge in [0.15, 0.2) is 0 Å². The summed E-state index contributed by atoms with van der Waals surface area (Å²) < 4.78 is 37.7. The van der Waals surface area contributed by atoms with Gasteiger partial charge in [-0.3, -0.25) is 9.78 Å². The molecule has 0 atom stereocenters. The number of carbonyl (C=O) groups is 1. The van der Waals surface area contributed by atoms with Crippen LogP contribution in [0.5, 0.6) is 0 Å². The third-order valence-corrected chi connectivity index (χ3v) is 3.51. The maximum atomic E-state index is 12.6. The van der Waals surface area contributed by atoms with E-state index in [0.717, 1.165) is 17.8 Å². The second-order valence-corrected chi connectivity index (χ2v) is 5.47. The van der Waals surface area contributed by atoms with Crippen LogP contribution in [-0.2, 0) is 12.7 Å². The summed E-state index contributed by atoms with van der Waals surface area (Å²) in [6.07, 6.45) is -1.36. The average molecular weight is 373 g/mol. The maximum absolute atomic E-state index is 12.6. The normalized spacial score (nSPS) is 11.1. The van der Waals surface area contributed by atoms with Crippen LogP contribution in [0.15, 0.2) is 60.9 Å². The van der Waals surface area contributed by atoms with Crippen LogP contribution in [0.25, 0.3) is 0 Å². The van der Waals surface area contributed by atoms with Crippen LogP contribution in [0.3, 0.4) is 0 Å². The van der Waals surface area contributed by atoms with Gasteiger partial charge in [-0.2, -0.15) is 13.2 Å². The van der Waals surface area contributed by atoms with Crippen LogP contribution in [-0.4, -0.2) is 20.9 Å². The van der Waals surface area contributed by atoms with Gasteiger partial charge >= 0.3 is 6.18 Å². The van der Waals surface area contributed by atoms with Crippen LogP contribution in [0.4, 0.5) is 24.8 Å². The van der Waals surface area contributed by atoms with E-state index >= 15 is 0 Å². The Balaban J connectivity index is 1.64. The van der Waals surface area contributed by atoms with Crippen LogP contribution < -0.4 is 10.6 Å². The Morgan fingerprint density at radius 1 is 0.963 bits per heavy atom. The van der Waals surface area contributed by atoms with E-state index in [2.05, 4.69) is 25.6 Å². The number of aromatic nitrogens is 3. The molecule has 0 saturated heterocycles. The number of amides is 1. The Morgan fingerprint density at radius 3 is 2.41 bits per heavy atom. The minimum absolute atomic E-state index is 0.0772. The number of benzene rings is 1. The molecule has 27 heavy (non-hydrogen) atoms. The first-order valence-electron chi connectivity index (χ1n) is 7.87. The molecule has 2 aromatic heterocycles. The summed E-state index contributed by atoms with van der Waals surface area (Å²) in [7, 11) is 0. The number of nitrogens with one attached hydrogen (secondary N) is 2. The average Bonchev–Trinajstić information content (AvgIpc) is 2.67. The van der Waals surface area contributed by atoms with Gasteiger partial charge in [0.1, 0.15) is 5.69 Å². The lowest BCUT2D eigenvalue weighted by molar-refractivity contribution is -0.137. The zero-order valence-electron chi connectivity index (χ0n) is 13.9. The molecular formula is C18H14F3N5O. The molecule has 9 heteroatoms. The van der Waals surface area contributed by atoms with Crippen molar-refractivity contribution in [3.05, 3.63) is 77.9 Å². The topological polar surface area (TPSA) is 79.8 Å². The van der Waals surface area contributed by atoms with E-state index in [-0.39, 0.29) is 17.3 Å². The highest BCUT2D eigenvalue weighted by Crippen LogP contribution is 2.29. The number of hydrogen-bond acceptors (Lipinski definition) is 5. The molecule has 6 nitrogen and oxygen atoms in total. The fourth-order valence-corrected chi connectivity index (χ4v) is 2.18. The Bertz CT molecular complexity index is 914. The van der Waals surface area contributed by atoms with Crippen LogP contribution in [0, 0.1) is 0 Å². The molecule has 0 radical (unpaired) electrons. The van der Waals surface area contributed by atoms with Gasteiger partial charge in [0.05, 0.1) is 17.8 Å². The number of nitrogens with zero attached hydrogens (tertiary/aromatic N) is 3. The number of anilines is 2. The van der Waals surface area contributed by atoms with Gasteiger partial charge in [-0.1, -0.05) is 6.07 Å². The lowest BCUT2D eigenvalue weighted by Gasteiger charge is -2.09. The fourth-order valence-electron chi connectivity index (χ4n) is 2.18. The maximum Gasteiger partial charge on any atom is 0.416 e. The first kappa shape index (κ1) is 18.3. The molecule has 0 aliphatic carbocycles. The van der Waals surface area contributed by atoms with Crippen molar-refractivity contribution < 1.29 is 18.0 Å². The zero-order valence-corrected chi connectivity index (χ0v) is 13.9. The molecule has 2 heterocycles. The van der Waals surface area contributed by atoms with Crippen molar-refractivity contribution in [3.63, 3.8) is 0 Å². The monoisotopic (exact) mass is 373 g/mol. The van der Waals surface area contributed by atoms with E-state index in [4.69, 9.17) is 0 Å². The lowest BCUT2D eigenvalue weighted by Crippen LogP contribution is -2.15. The fraction of sp³-hybridized carbons (Fsp3) is 0.111. The molecule has 3 aromatic rings. The molecule has 3 rings (SSSR count). The van der Waals surface area contributed by atoms with Crippen LogP contribution in [0.2, 0.25) is 0 Å². The molecule has 1 amide bonds. The molecule has 0 unspecified atom stereocenters. The number of alkyl halides is 3. The van der Waals surface area contributed by atoms with Gasteiger partial charge in [0, 0.05) is 18.1 Å². The Hall–Kier alpha value is -3.49. The highest BCUT2D eigenvalue weighted by molar-refractivity contribution is 6.02. The van der Waals surface area contributed by atoms with Crippen molar-refractivity contribution in [2.75, 3.05) is 10.6 Å². The van der Waals surface area contributed by atoms with E-state index in [1.165, 1.54) is 24.4 Å². The highest BCUT2D eigenvalue weighted by Gasteiger charge is 2.30. The van der Waals surface area contributed by atoms with Gasteiger partial charge in [0.2, 0.25) is 5.95 Å². The van der Waals surface area contributed by atoms with Gasteiger partial charge in [-0.05, 0) is 42.5 Å². The molecule has 0 bridgehead atoms. The largest absolute Gasteiger partial charge is 0.416 e. The van der Waals surface area contributed by atoms with Crippen molar-refractivity contribution in [2.24, 2.45) is 0 Å². The molecule has 0 spiro atoms. The third kappa shape index (κ3) is 5.00. The molecular weight excluding hydrogens is 359 g/mol. The van der Waals surface area contributed by atoms with E-state index in [1.807, 2.05) is 12.1 Å². The van der Waals surface area contributed by atoms with Gasteiger partial charge < -0.3 is 10.6 Å². The Morgan fingerprint density at radius 2 is 1.74 bits per heavy atom. The molecule has 0 aliphatic rings. The van der Waals surface area contributed by atoms with Gasteiger partial charge in [0.25, 0.3) is 5.91 Å². The van der Waals surface area contributed by atoms with E-state index in [9.17, 15) is 18.0 Å². The molecule has 1 aromatic carbocycles. The predicted octanol–water partition coefficient (Wildman–Crippen LogP) is 3.75. The summed E-state index contributed by atoms with van der Waals surface area (Å²) in [5.41, 5.74) is 0.298. The number of rotatable bonds is 5.